The summed E-state index contributed by atoms with van der Waals surface area (Å²) in [5.74, 6) is 0. The van der Waals surface area contributed by atoms with Crippen molar-refractivity contribution in [1.82, 2.24) is 14.3 Å². The van der Waals surface area contributed by atoms with E-state index in [1.807, 2.05) is 18.3 Å². The fourth-order valence-electron chi connectivity index (χ4n) is 4.46. The Morgan fingerprint density at radius 1 is 1.00 bits per heavy atom. The number of pyridine rings is 1. The Morgan fingerprint density at radius 3 is 2.66 bits per heavy atom. The highest BCUT2D eigenvalue weighted by atomic mass is 15.2. The van der Waals surface area contributed by atoms with Crippen molar-refractivity contribution < 1.29 is 0 Å². The molecule has 0 radical (unpaired) electrons. The number of imidazole rings is 1. The van der Waals surface area contributed by atoms with Crippen LogP contribution in [-0.4, -0.2) is 20.8 Å². The maximum atomic E-state index is 6.12. The second-order valence-corrected chi connectivity index (χ2v) is 8.15. The van der Waals surface area contributed by atoms with Gasteiger partial charge in [-0.25, -0.2) is 4.98 Å². The Morgan fingerprint density at radius 2 is 1.83 bits per heavy atom. The Balaban J connectivity index is 1.59. The van der Waals surface area contributed by atoms with Crippen LogP contribution in [0.2, 0.25) is 0 Å². The molecule has 2 aromatic carbocycles. The maximum absolute atomic E-state index is 6.12. The monoisotopic (exact) mass is 382 g/mol. The van der Waals surface area contributed by atoms with E-state index in [0.717, 1.165) is 43.1 Å². The molecular formula is C25H26N4. The van der Waals surface area contributed by atoms with Gasteiger partial charge in [0.2, 0.25) is 0 Å². The summed E-state index contributed by atoms with van der Waals surface area (Å²) in [6.45, 7) is 7.17. The number of anilines is 1. The van der Waals surface area contributed by atoms with Crippen molar-refractivity contribution in [3.05, 3.63) is 88.7 Å². The average molecular weight is 383 g/mol. The molecule has 1 aliphatic rings. The third-order valence-corrected chi connectivity index (χ3v) is 5.96. The fraction of sp³-hybridized carbons (Fsp3) is 0.240. The first-order valence-corrected chi connectivity index (χ1v) is 10.2. The number of aryl methyl sites for hydroxylation is 2. The molecule has 4 aromatic rings. The summed E-state index contributed by atoms with van der Waals surface area (Å²) in [4.78, 5) is 7.52. The van der Waals surface area contributed by atoms with Crippen LogP contribution in [0, 0.1) is 13.8 Å². The number of hydrogen-bond donors (Lipinski definition) is 1. The van der Waals surface area contributed by atoms with Gasteiger partial charge < -0.3 is 10.1 Å². The lowest BCUT2D eigenvalue weighted by Gasteiger charge is -2.29. The van der Waals surface area contributed by atoms with E-state index in [-0.39, 0.29) is 0 Å². The molecule has 2 aromatic heterocycles. The van der Waals surface area contributed by atoms with Crippen LogP contribution in [0.25, 0.3) is 16.9 Å². The lowest BCUT2D eigenvalue weighted by molar-refractivity contribution is 0.242. The van der Waals surface area contributed by atoms with Crippen LogP contribution in [0.1, 0.15) is 27.9 Å². The van der Waals surface area contributed by atoms with Crippen molar-refractivity contribution in [2.75, 3.05) is 12.3 Å². The van der Waals surface area contributed by atoms with Gasteiger partial charge in [-0.15, -0.1) is 0 Å². The van der Waals surface area contributed by atoms with Crippen molar-refractivity contribution in [3.8, 4) is 11.3 Å². The molecule has 0 atom stereocenters. The van der Waals surface area contributed by atoms with Crippen LogP contribution < -0.4 is 5.73 Å². The fourth-order valence-corrected chi connectivity index (χ4v) is 4.46. The minimum atomic E-state index is 0.757. The Labute approximate surface area is 171 Å². The summed E-state index contributed by atoms with van der Waals surface area (Å²) in [5.41, 5.74) is 16.7. The van der Waals surface area contributed by atoms with Gasteiger partial charge >= 0.3 is 0 Å². The standard InChI is InChI=1S/C25H26N4/c1-17-7-9-22(18(2)13-17)25-23(29-15-21(26)8-10-24(29)27-25)16-28-12-11-19-5-3-4-6-20(19)14-28/h3-10,13,15H,11-12,14,16,26H2,1-2H3. The van der Waals surface area contributed by atoms with Crippen LogP contribution in [0.5, 0.6) is 0 Å². The predicted octanol–water partition coefficient (Wildman–Crippen LogP) is 4.76. The molecule has 0 aliphatic carbocycles. The first-order valence-electron chi connectivity index (χ1n) is 10.2. The van der Waals surface area contributed by atoms with Gasteiger partial charge in [0, 0.05) is 37.1 Å². The van der Waals surface area contributed by atoms with Gasteiger partial charge in [-0.05, 0) is 49.1 Å². The van der Waals surface area contributed by atoms with E-state index < -0.39 is 0 Å². The van der Waals surface area contributed by atoms with Gasteiger partial charge in [0.05, 0.1) is 11.4 Å². The highest BCUT2D eigenvalue weighted by Crippen LogP contribution is 2.30. The number of fused-ring (bicyclic) bond motifs is 2. The zero-order chi connectivity index (χ0) is 20.0. The van der Waals surface area contributed by atoms with Crippen molar-refractivity contribution in [3.63, 3.8) is 0 Å². The van der Waals surface area contributed by atoms with Gasteiger partial charge in [-0.3, -0.25) is 4.90 Å². The summed E-state index contributed by atoms with van der Waals surface area (Å²) in [5, 5.41) is 0. The number of benzene rings is 2. The summed E-state index contributed by atoms with van der Waals surface area (Å²) >= 11 is 0. The molecule has 0 unspecified atom stereocenters. The Hall–Kier alpha value is -3.11. The lowest BCUT2D eigenvalue weighted by Crippen LogP contribution is -2.30. The van der Waals surface area contributed by atoms with E-state index in [0.29, 0.717) is 0 Å². The minimum Gasteiger partial charge on any atom is -0.398 e. The highest BCUT2D eigenvalue weighted by molar-refractivity contribution is 5.70. The van der Waals surface area contributed by atoms with Crippen LogP contribution in [0.3, 0.4) is 0 Å². The van der Waals surface area contributed by atoms with Crippen molar-refractivity contribution in [1.29, 1.82) is 0 Å². The van der Waals surface area contributed by atoms with E-state index in [2.05, 4.69) is 65.6 Å². The van der Waals surface area contributed by atoms with Gasteiger partial charge in [-0.2, -0.15) is 0 Å². The highest BCUT2D eigenvalue weighted by Gasteiger charge is 2.21. The molecular weight excluding hydrogens is 356 g/mol. The second kappa shape index (κ2) is 7.05. The molecule has 29 heavy (non-hydrogen) atoms. The topological polar surface area (TPSA) is 46.6 Å². The number of nitrogens with zero attached hydrogens (tertiary/aromatic N) is 3. The minimum absolute atomic E-state index is 0.757. The Bertz CT molecular complexity index is 1200. The van der Waals surface area contributed by atoms with E-state index in [4.69, 9.17) is 10.7 Å². The third kappa shape index (κ3) is 3.30. The normalized spacial score (nSPS) is 14.3. The molecule has 0 spiro atoms. The van der Waals surface area contributed by atoms with Crippen LogP contribution in [0.15, 0.2) is 60.8 Å². The van der Waals surface area contributed by atoms with E-state index >= 15 is 0 Å². The molecule has 146 valence electrons. The predicted molar refractivity (Wildman–Crippen MR) is 119 cm³/mol. The number of hydrogen-bond acceptors (Lipinski definition) is 3. The zero-order valence-corrected chi connectivity index (χ0v) is 17.0. The van der Waals surface area contributed by atoms with Crippen LogP contribution >= 0.6 is 0 Å². The lowest BCUT2D eigenvalue weighted by atomic mass is 9.99. The molecule has 0 bridgehead atoms. The molecule has 0 saturated heterocycles. The van der Waals surface area contributed by atoms with Gasteiger partial charge in [-0.1, -0.05) is 48.0 Å². The summed E-state index contributed by atoms with van der Waals surface area (Å²) in [7, 11) is 0. The third-order valence-electron chi connectivity index (χ3n) is 5.96. The Kier molecular flexibility index (Phi) is 4.36. The van der Waals surface area contributed by atoms with Gasteiger partial charge in [0.1, 0.15) is 5.65 Å². The number of rotatable bonds is 3. The number of nitrogens with two attached hydrogens (primary N) is 1. The second-order valence-electron chi connectivity index (χ2n) is 8.15. The molecule has 0 saturated carbocycles. The van der Waals surface area contributed by atoms with Gasteiger partial charge in [0.25, 0.3) is 0 Å². The summed E-state index contributed by atoms with van der Waals surface area (Å²) in [6, 6.07) is 19.3. The largest absolute Gasteiger partial charge is 0.398 e. The molecule has 0 fully saturated rings. The van der Waals surface area contributed by atoms with Crippen molar-refractivity contribution >= 4 is 11.3 Å². The van der Waals surface area contributed by atoms with E-state index in [1.54, 1.807) is 0 Å². The van der Waals surface area contributed by atoms with Crippen molar-refractivity contribution in [2.24, 2.45) is 0 Å². The smallest absolute Gasteiger partial charge is 0.137 e. The molecule has 0 amide bonds. The average Bonchev–Trinajstić information content (AvgIpc) is 3.05. The maximum Gasteiger partial charge on any atom is 0.137 e. The van der Waals surface area contributed by atoms with Crippen LogP contribution in [-0.2, 0) is 19.5 Å². The molecule has 4 nitrogen and oxygen atoms in total. The van der Waals surface area contributed by atoms with Gasteiger partial charge in [0.15, 0.2) is 0 Å². The first-order chi connectivity index (χ1) is 14.1. The quantitative estimate of drug-likeness (QED) is 0.556. The number of nitrogen functional groups attached to an aromatic ring is 1. The molecule has 2 N–H and O–H groups in total. The number of aromatic nitrogens is 2. The summed E-state index contributed by atoms with van der Waals surface area (Å²) < 4.78 is 2.17. The summed E-state index contributed by atoms with van der Waals surface area (Å²) in [6.07, 6.45) is 3.09. The van der Waals surface area contributed by atoms with E-state index in [9.17, 15) is 0 Å². The first kappa shape index (κ1) is 18.0. The van der Waals surface area contributed by atoms with Crippen LogP contribution in [0.4, 0.5) is 5.69 Å². The molecule has 3 heterocycles. The molecule has 4 heteroatoms. The molecule has 1 aliphatic heterocycles. The molecule has 5 rings (SSSR count). The zero-order valence-electron chi connectivity index (χ0n) is 17.0. The SMILES string of the molecule is Cc1ccc(-c2nc3ccc(N)cn3c2CN2CCc3ccccc3C2)c(C)c1. The van der Waals surface area contributed by atoms with Crippen molar-refractivity contribution in [2.45, 2.75) is 33.4 Å². The van der Waals surface area contributed by atoms with E-state index in [1.165, 1.54) is 33.5 Å².